The molecule has 3 aromatic heterocycles. The number of thiophene rings is 1. The number of nitrogens with zero attached hydrogens (tertiary/aromatic N) is 3. The lowest BCUT2D eigenvalue weighted by Gasteiger charge is -2.28. The van der Waals surface area contributed by atoms with Crippen molar-refractivity contribution < 1.29 is 9.21 Å². The highest BCUT2D eigenvalue weighted by Crippen LogP contribution is 2.36. The quantitative estimate of drug-likeness (QED) is 0.756. The van der Waals surface area contributed by atoms with Gasteiger partial charge in [-0.3, -0.25) is 4.79 Å². The number of aryl methyl sites for hydroxylation is 2. The Bertz CT molecular complexity index is 927. The normalized spacial score (nSPS) is 14.8. The fourth-order valence-electron chi connectivity index (χ4n) is 3.43. The highest BCUT2D eigenvalue weighted by molar-refractivity contribution is 7.20. The van der Waals surface area contributed by atoms with E-state index >= 15 is 0 Å². The summed E-state index contributed by atoms with van der Waals surface area (Å²) in [6.45, 7) is 6.32. The average molecular weight is 370 g/mol. The van der Waals surface area contributed by atoms with Crippen LogP contribution in [0.25, 0.3) is 10.2 Å². The molecule has 0 atom stereocenters. The van der Waals surface area contributed by atoms with Gasteiger partial charge in [-0.2, -0.15) is 0 Å². The third-order valence-electron chi connectivity index (χ3n) is 4.75. The predicted octanol–water partition coefficient (Wildman–Crippen LogP) is 3.82. The van der Waals surface area contributed by atoms with Crippen LogP contribution in [0.4, 0.5) is 5.82 Å². The van der Waals surface area contributed by atoms with Crippen LogP contribution in [0.15, 0.2) is 22.8 Å². The second kappa shape index (κ2) is 7.07. The number of hydrogen-bond acceptors (Lipinski definition) is 6. The molecule has 136 valence electrons. The van der Waals surface area contributed by atoms with E-state index in [0.29, 0.717) is 11.4 Å². The van der Waals surface area contributed by atoms with Gasteiger partial charge >= 0.3 is 0 Å². The minimum absolute atomic E-state index is 0.0934. The minimum Gasteiger partial charge on any atom is -0.467 e. The zero-order valence-electron chi connectivity index (χ0n) is 15.0. The molecule has 0 bridgehead atoms. The number of furan rings is 1. The number of carbonyl (C=O) groups excluding carboxylic acids is 1. The van der Waals surface area contributed by atoms with Crippen LogP contribution in [0, 0.1) is 13.8 Å². The third kappa shape index (κ3) is 3.19. The second-order valence-electron chi connectivity index (χ2n) is 6.64. The summed E-state index contributed by atoms with van der Waals surface area (Å²) in [4.78, 5) is 25.9. The Kier molecular flexibility index (Phi) is 4.63. The first kappa shape index (κ1) is 17.0. The van der Waals surface area contributed by atoms with E-state index in [1.54, 1.807) is 6.26 Å². The number of anilines is 1. The molecule has 0 saturated carbocycles. The van der Waals surface area contributed by atoms with Crippen molar-refractivity contribution in [2.75, 3.05) is 18.0 Å². The number of fused-ring (bicyclic) bond motifs is 1. The average Bonchev–Trinajstić information content (AvgIpc) is 3.28. The maximum atomic E-state index is 12.7. The van der Waals surface area contributed by atoms with E-state index < -0.39 is 0 Å². The minimum atomic E-state index is -0.0934. The van der Waals surface area contributed by atoms with Gasteiger partial charge in [-0.15, -0.1) is 11.3 Å². The van der Waals surface area contributed by atoms with E-state index in [0.717, 1.165) is 46.3 Å². The zero-order chi connectivity index (χ0) is 18.1. The number of aromatic nitrogens is 2. The van der Waals surface area contributed by atoms with Gasteiger partial charge in [-0.1, -0.05) is 0 Å². The number of amides is 1. The Morgan fingerprint density at radius 3 is 2.81 bits per heavy atom. The first-order valence-electron chi connectivity index (χ1n) is 8.97. The first-order chi connectivity index (χ1) is 12.6. The summed E-state index contributed by atoms with van der Waals surface area (Å²) in [7, 11) is 0. The molecule has 4 heterocycles. The Balaban J connectivity index is 1.68. The van der Waals surface area contributed by atoms with E-state index in [4.69, 9.17) is 9.40 Å². The lowest BCUT2D eigenvalue weighted by Crippen LogP contribution is -2.30. The van der Waals surface area contributed by atoms with Gasteiger partial charge in [0.25, 0.3) is 5.91 Å². The van der Waals surface area contributed by atoms with Crippen LogP contribution < -0.4 is 10.2 Å². The molecular formula is C19H22N4O2S. The number of carbonyl (C=O) groups is 1. The summed E-state index contributed by atoms with van der Waals surface area (Å²) < 4.78 is 5.28. The van der Waals surface area contributed by atoms with Crippen molar-refractivity contribution in [2.24, 2.45) is 0 Å². The molecule has 1 N–H and O–H groups in total. The highest BCUT2D eigenvalue weighted by atomic mass is 32.1. The molecule has 4 rings (SSSR count). The van der Waals surface area contributed by atoms with Gasteiger partial charge in [-0.25, -0.2) is 9.97 Å². The molecule has 1 amide bonds. The predicted molar refractivity (Wildman–Crippen MR) is 103 cm³/mol. The molecular weight excluding hydrogens is 348 g/mol. The van der Waals surface area contributed by atoms with Gasteiger partial charge in [0.1, 0.15) is 22.2 Å². The maximum absolute atomic E-state index is 12.7. The van der Waals surface area contributed by atoms with Crippen LogP contribution in [0.3, 0.4) is 0 Å². The van der Waals surface area contributed by atoms with Gasteiger partial charge < -0.3 is 14.6 Å². The molecule has 1 aliphatic heterocycles. The second-order valence-corrected chi connectivity index (χ2v) is 7.64. The van der Waals surface area contributed by atoms with Crippen molar-refractivity contribution in [2.45, 2.75) is 39.7 Å². The summed E-state index contributed by atoms with van der Waals surface area (Å²) in [5.41, 5.74) is 0.961. The molecule has 0 radical (unpaired) electrons. The fraction of sp³-hybridized carbons (Fsp3) is 0.421. The Labute approximate surface area is 156 Å². The molecule has 7 heteroatoms. The molecule has 26 heavy (non-hydrogen) atoms. The smallest absolute Gasteiger partial charge is 0.262 e. The topological polar surface area (TPSA) is 71.3 Å². The third-order valence-corrected chi connectivity index (χ3v) is 5.93. The lowest BCUT2D eigenvalue weighted by molar-refractivity contribution is 0.0951. The standard InChI is InChI=1S/C19H22N4O2S/c1-12-15-17(23-8-4-3-5-9-23)21-13(2)22-19(15)26-16(12)18(24)20-11-14-7-6-10-25-14/h6-7,10H,3-5,8-9,11H2,1-2H3,(H,20,24). The van der Waals surface area contributed by atoms with Crippen LogP contribution >= 0.6 is 11.3 Å². The van der Waals surface area contributed by atoms with Crippen molar-refractivity contribution >= 4 is 33.3 Å². The highest BCUT2D eigenvalue weighted by Gasteiger charge is 2.23. The summed E-state index contributed by atoms with van der Waals surface area (Å²) in [6, 6.07) is 3.66. The lowest BCUT2D eigenvalue weighted by atomic mass is 10.1. The van der Waals surface area contributed by atoms with Gasteiger partial charge in [0.05, 0.1) is 23.1 Å². The van der Waals surface area contributed by atoms with E-state index in [-0.39, 0.29) is 5.91 Å². The number of nitrogens with one attached hydrogen (secondary N) is 1. The first-order valence-corrected chi connectivity index (χ1v) is 9.78. The van der Waals surface area contributed by atoms with Crippen molar-refractivity contribution in [3.05, 3.63) is 40.4 Å². The fourth-order valence-corrected chi connectivity index (χ4v) is 4.57. The van der Waals surface area contributed by atoms with Gasteiger partial charge in [0.15, 0.2) is 0 Å². The van der Waals surface area contributed by atoms with E-state index in [9.17, 15) is 4.79 Å². The summed E-state index contributed by atoms with van der Waals surface area (Å²) >= 11 is 1.44. The molecule has 0 unspecified atom stereocenters. The molecule has 6 nitrogen and oxygen atoms in total. The number of piperidine rings is 1. The van der Waals surface area contributed by atoms with E-state index in [1.807, 2.05) is 26.0 Å². The summed E-state index contributed by atoms with van der Waals surface area (Å²) in [5.74, 6) is 2.37. The number of rotatable bonds is 4. The van der Waals surface area contributed by atoms with Crippen molar-refractivity contribution in [3.63, 3.8) is 0 Å². The largest absolute Gasteiger partial charge is 0.467 e. The molecule has 0 aromatic carbocycles. The van der Waals surface area contributed by atoms with Crippen LogP contribution in [0.1, 0.15) is 46.1 Å². The molecule has 1 aliphatic rings. The Hall–Kier alpha value is -2.41. The molecule has 1 fully saturated rings. The van der Waals surface area contributed by atoms with Gasteiger partial charge in [-0.05, 0) is 50.8 Å². The van der Waals surface area contributed by atoms with E-state index in [1.165, 1.54) is 30.6 Å². The Morgan fingerprint density at radius 2 is 2.08 bits per heavy atom. The van der Waals surface area contributed by atoms with Crippen molar-refractivity contribution in [1.82, 2.24) is 15.3 Å². The Morgan fingerprint density at radius 1 is 1.27 bits per heavy atom. The van der Waals surface area contributed by atoms with Gasteiger partial charge in [0.2, 0.25) is 0 Å². The SMILES string of the molecule is Cc1nc(N2CCCCC2)c2c(C)c(C(=O)NCc3ccco3)sc2n1. The van der Waals surface area contributed by atoms with Crippen LogP contribution in [0.5, 0.6) is 0 Å². The molecule has 0 aliphatic carbocycles. The van der Waals surface area contributed by atoms with E-state index in [2.05, 4.69) is 15.2 Å². The van der Waals surface area contributed by atoms with Crippen LogP contribution in [-0.4, -0.2) is 29.0 Å². The monoisotopic (exact) mass is 370 g/mol. The summed E-state index contributed by atoms with van der Waals surface area (Å²) in [6.07, 6.45) is 5.25. The molecule has 1 saturated heterocycles. The van der Waals surface area contributed by atoms with Crippen molar-refractivity contribution in [1.29, 1.82) is 0 Å². The van der Waals surface area contributed by atoms with Crippen molar-refractivity contribution in [3.8, 4) is 0 Å². The van der Waals surface area contributed by atoms with Gasteiger partial charge in [0, 0.05) is 13.1 Å². The summed E-state index contributed by atoms with van der Waals surface area (Å²) in [5, 5.41) is 3.95. The zero-order valence-corrected chi connectivity index (χ0v) is 15.9. The number of hydrogen-bond donors (Lipinski definition) is 1. The molecule has 3 aromatic rings. The van der Waals surface area contributed by atoms with Crippen LogP contribution in [-0.2, 0) is 6.54 Å². The maximum Gasteiger partial charge on any atom is 0.262 e. The van der Waals surface area contributed by atoms with Crippen LogP contribution in [0.2, 0.25) is 0 Å². The molecule has 0 spiro atoms.